The monoisotopic (exact) mass is 408 g/mol. The molecule has 0 fully saturated rings. The molecule has 0 saturated heterocycles. The summed E-state index contributed by atoms with van der Waals surface area (Å²) in [6.45, 7) is 13.3. The minimum Gasteiger partial charge on any atom is -0.354 e. The number of hydrogen-bond donors (Lipinski definition) is 1. The molecular weight excluding hydrogens is 372 g/mol. The molecule has 1 atom stereocenters. The summed E-state index contributed by atoms with van der Waals surface area (Å²) in [6.07, 6.45) is 0.872. The van der Waals surface area contributed by atoms with Crippen LogP contribution in [0.3, 0.4) is 0 Å². The summed E-state index contributed by atoms with van der Waals surface area (Å²) in [7, 11) is 0. The molecule has 0 radical (unpaired) electrons. The van der Waals surface area contributed by atoms with Crippen LogP contribution in [0.2, 0.25) is 0 Å². The van der Waals surface area contributed by atoms with E-state index in [2.05, 4.69) is 43.4 Å². The van der Waals surface area contributed by atoms with Crippen LogP contribution < -0.4 is 5.32 Å². The van der Waals surface area contributed by atoms with E-state index in [1.54, 1.807) is 4.90 Å². The van der Waals surface area contributed by atoms with Crippen molar-refractivity contribution < 1.29 is 9.59 Å². The van der Waals surface area contributed by atoms with Gasteiger partial charge in [0.1, 0.15) is 6.04 Å². The van der Waals surface area contributed by atoms with Crippen LogP contribution in [-0.2, 0) is 22.6 Å². The third-order valence-corrected chi connectivity index (χ3v) is 5.14. The Morgan fingerprint density at radius 3 is 2.13 bits per heavy atom. The number of rotatable bonds is 9. The smallest absolute Gasteiger partial charge is 0.242 e. The molecule has 0 aliphatic rings. The number of aryl methyl sites for hydroxylation is 3. The van der Waals surface area contributed by atoms with Gasteiger partial charge in [-0.05, 0) is 44.2 Å². The predicted octanol–water partition coefficient (Wildman–Crippen LogP) is 4.73. The second-order valence-electron chi connectivity index (χ2n) is 8.75. The van der Waals surface area contributed by atoms with Crippen LogP contribution in [0.4, 0.5) is 0 Å². The summed E-state index contributed by atoms with van der Waals surface area (Å²) in [5.74, 6) is 0.267. The van der Waals surface area contributed by atoms with E-state index >= 15 is 0 Å². The molecule has 2 amide bonds. The van der Waals surface area contributed by atoms with Crippen molar-refractivity contribution in [1.82, 2.24) is 10.2 Å². The quantitative estimate of drug-likeness (QED) is 0.652. The van der Waals surface area contributed by atoms with E-state index in [-0.39, 0.29) is 11.8 Å². The minimum atomic E-state index is -0.484. The van der Waals surface area contributed by atoms with E-state index in [9.17, 15) is 9.59 Å². The Morgan fingerprint density at radius 2 is 1.57 bits per heavy atom. The average molecular weight is 409 g/mol. The van der Waals surface area contributed by atoms with Gasteiger partial charge in [-0.2, -0.15) is 0 Å². The van der Waals surface area contributed by atoms with Gasteiger partial charge in [-0.15, -0.1) is 0 Å². The average Bonchev–Trinajstić information content (AvgIpc) is 2.65. The second kappa shape index (κ2) is 11.0. The zero-order valence-corrected chi connectivity index (χ0v) is 19.3. The van der Waals surface area contributed by atoms with Gasteiger partial charge in [0.25, 0.3) is 0 Å². The summed E-state index contributed by atoms with van der Waals surface area (Å²) in [5, 5.41) is 3.01. The van der Waals surface area contributed by atoms with Gasteiger partial charge < -0.3 is 10.2 Å². The molecular formula is C26H36N2O2. The van der Waals surface area contributed by atoms with Gasteiger partial charge >= 0.3 is 0 Å². The predicted molar refractivity (Wildman–Crippen MR) is 123 cm³/mol. The summed E-state index contributed by atoms with van der Waals surface area (Å²) in [5.41, 5.74) is 5.46. The lowest BCUT2D eigenvalue weighted by Crippen LogP contribution is -2.50. The zero-order chi connectivity index (χ0) is 22.3. The van der Waals surface area contributed by atoms with Gasteiger partial charge in [0, 0.05) is 13.1 Å². The van der Waals surface area contributed by atoms with Gasteiger partial charge in [-0.25, -0.2) is 0 Å². The first-order valence-corrected chi connectivity index (χ1v) is 10.9. The Morgan fingerprint density at radius 1 is 0.933 bits per heavy atom. The van der Waals surface area contributed by atoms with Crippen molar-refractivity contribution in [3.63, 3.8) is 0 Å². The summed E-state index contributed by atoms with van der Waals surface area (Å²) >= 11 is 0. The van der Waals surface area contributed by atoms with Gasteiger partial charge in [-0.3, -0.25) is 9.59 Å². The highest BCUT2D eigenvalue weighted by atomic mass is 16.2. The third kappa shape index (κ3) is 7.01. The maximum Gasteiger partial charge on any atom is 0.242 e. The standard InChI is InChI=1S/C26H36N2O2/c1-7-24(26(30)27-16-18(2)3)28(17-22-10-8-9-19(4)12-22)25(29)15-23-13-20(5)11-21(6)14-23/h8-14,18,24H,7,15-17H2,1-6H3,(H,27,30)/t24-/m1/s1. The van der Waals surface area contributed by atoms with Crippen molar-refractivity contribution in [2.24, 2.45) is 5.92 Å². The lowest BCUT2D eigenvalue weighted by Gasteiger charge is -2.31. The highest BCUT2D eigenvalue weighted by Crippen LogP contribution is 2.17. The number of carbonyl (C=O) groups is 2. The molecule has 0 spiro atoms. The molecule has 0 saturated carbocycles. The SMILES string of the molecule is CC[C@H](C(=O)NCC(C)C)N(Cc1cccc(C)c1)C(=O)Cc1cc(C)cc(C)c1. The number of nitrogens with one attached hydrogen (secondary N) is 1. The van der Waals surface area contributed by atoms with Crippen molar-refractivity contribution in [3.8, 4) is 0 Å². The molecule has 0 unspecified atom stereocenters. The maximum atomic E-state index is 13.4. The van der Waals surface area contributed by atoms with Gasteiger partial charge in [0.05, 0.1) is 6.42 Å². The van der Waals surface area contributed by atoms with Crippen LogP contribution in [0.5, 0.6) is 0 Å². The Labute approximate surface area is 181 Å². The normalized spacial score (nSPS) is 12.0. The van der Waals surface area contributed by atoms with E-state index in [0.29, 0.717) is 31.8 Å². The van der Waals surface area contributed by atoms with Crippen molar-refractivity contribution >= 4 is 11.8 Å². The van der Waals surface area contributed by atoms with E-state index < -0.39 is 6.04 Å². The lowest BCUT2D eigenvalue weighted by molar-refractivity contribution is -0.141. The molecule has 1 N–H and O–H groups in total. The second-order valence-corrected chi connectivity index (χ2v) is 8.75. The molecule has 4 nitrogen and oxygen atoms in total. The van der Waals surface area contributed by atoms with Crippen molar-refractivity contribution in [1.29, 1.82) is 0 Å². The zero-order valence-electron chi connectivity index (χ0n) is 19.3. The number of amides is 2. The van der Waals surface area contributed by atoms with Crippen LogP contribution >= 0.6 is 0 Å². The van der Waals surface area contributed by atoms with Crippen molar-refractivity contribution in [2.45, 2.75) is 67.0 Å². The molecule has 162 valence electrons. The molecule has 0 bridgehead atoms. The molecule has 0 aliphatic carbocycles. The topological polar surface area (TPSA) is 49.4 Å². The number of carbonyl (C=O) groups excluding carboxylic acids is 2. The van der Waals surface area contributed by atoms with Crippen molar-refractivity contribution in [3.05, 3.63) is 70.3 Å². The Kier molecular flexibility index (Phi) is 8.64. The maximum absolute atomic E-state index is 13.4. The summed E-state index contributed by atoms with van der Waals surface area (Å²) in [6, 6.07) is 13.9. The fraction of sp³-hybridized carbons (Fsp3) is 0.462. The molecule has 0 aliphatic heterocycles. The highest BCUT2D eigenvalue weighted by Gasteiger charge is 2.28. The van der Waals surface area contributed by atoms with Crippen LogP contribution in [0, 0.1) is 26.7 Å². The van der Waals surface area contributed by atoms with Crippen LogP contribution in [0.15, 0.2) is 42.5 Å². The summed E-state index contributed by atoms with van der Waals surface area (Å²) < 4.78 is 0. The molecule has 30 heavy (non-hydrogen) atoms. The first-order valence-electron chi connectivity index (χ1n) is 10.9. The Bertz CT molecular complexity index is 853. The van der Waals surface area contributed by atoms with Crippen molar-refractivity contribution in [2.75, 3.05) is 6.54 Å². The molecule has 2 aromatic carbocycles. The number of benzene rings is 2. The van der Waals surface area contributed by atoms with Gasteiger partial charge in [0.2, 0.25) is 11.8 Å². The number of hydrogen-bond acceptors (Lipinski definition) is 2. The first kappa shape index (κ1) is 23.7. The molecule has 4 heteroatoms. The van der Waals surface area contributed by atoms with Gasteiger partial charge in [-0.1, -0.05) is 79.9 Å². The Balaban J connectivity index is 2.30. The largest absolute Gasteiger partial charge is 0.354 e. The van der Waals surface area contributed by atoms with E-state index in [1.165, 1.54) is 0 Å². The Hall–Kier alpha value is -2.62. The van der Waals surface area contributed by atoms with Crippen LogP contribution in [0.1, 0.15) is 55.0 Å². The highest BCUT2D eigenvalue weighted by molar-refractivity contribution is 5.88. The van der Waals surface area contributed by atoms with Gasteiger partial charge in [0.15, 0.2) is 0 Å². The lowest BCUT2D eigenvalue weighted by atomic mass is 10.0. The third-order valence-electron chi connectivity index (χ3n) is 5.14. The fourth-order valence-corrected chi connectivity index (χ4v) is 3.80. The molecule has 2 aromatic rings. The molecule has 2 rings (SSSR count). The molecule has 0 aromatic heterocycles. The first-order chi connectivity index (χ1) is 14.2. The van der Waals surface area contributed by atoms with E-state index in [4.69, 9.17) is 0 Å². The molecule has 0 heterocycles. The van der Waals surface area contributed by atoms with Crippen LogP contribution in [-0.4, -0.2) is 29.3 Å². The van der Waals surface area contributed by atoms with E-state index in [1.807, 2.05) is 45.9 Å². The van der Waals surface area contributed by atoms with E-state index in [0.717, 1.165) is 27.8 Å². The minimum absolute atomic E-state index is 0.0203. The fourth-order valence-electron chi connectivity index (χ4n) is 3.80. The number of nitrogens with zero attached hydrogens (tertiary/aromatic N) is 1. The van der Waals surface area contributed by atoms with Crippen LogP contribution in [0.25, 0.3) is 0 Å². The summed E-state index contributed by atoms with van der Waals surface area (Å²) in [4.78, 5) is 28.1.